The number of hydrazine groups is 1. The highest BCUT2D eigenvalue weighted by Crippen LogP contribution is 2.67. The number of anilines is 1. The monoisotopic (exact) mass is 389 g/mol. The highest BCUT2D eigenvalue weighted by atomic mass is 19.1. The molecular weight excluding hydrogens is 360 g/mol. The summed E-state index contributed by atoms with van der Waals surface area (Å²) in [5.74, 6) is -0.890. The number of hydrogen-bond donors (Lipinski definition) is 2. The van der Waals surface area contributed by atoms with Crippen molar-refractivity contribution in [3.63, 3.8) is 0 Å². The van der Waals surface area contributed by atoms with Gasteiger partial charge in [-0.2, -0.15) is 0 Å². The van der Waals surface area contributed by atoms with E-state index in [4.69, 9.17) is 0 Å². The van der Waals surface area contributed by atoms with Crippen LogP contribution in [0, 0.1) is 28.9 Å². The van der Waals surface area contributed by atoms with E-state index in [0.717, 1.165) is 30.2 Å². The number of carbonyl (C=O) groups is 1. The van der Waals surface area contributed by atoms with E-state index in [-0.39, 0.29) is 34.4 Å². The summed E-state index contributed by atoms with van der Waals surface area (Å²) in [6.45, 7) is 12.2. The Kier molecular flexibility index (Phi) is 4.00. The number of rotatable bonds is 2. The van der Waals surface area contributed by atoms with Crippen LogP contribution in [0.2, 0.25) is 0 Å². The van der Waals surface area contributed by atoms with Crippen LogP contribution in [0.25, 0.3) is 0 Å². The summed E-state index contributed by atoms with van der Waals surface area (Å²) in [7, 11) is 0. The van der Waals surface area contributed by atoms with Crippen molar-refractivity contribution >= 4 is 11.6 Å². The van der Waals surface area contributed by atoms with Crippen molar-refractivity contribution in [2.24, 2.45) is 17.3 Å². The summed E-state index contributed by atoms with van der Waals surface area (Å²) in [4.78, 5) is 13.5. The van der Waals surface area contributed by atoms with Gasteiger partial charge in [0, 0.05) is 22.7 Å². The molecule has 0 saturated heterocycles. The molecule has 28 heavy (non-hydrogen) atoms. The van der Waals surface area contributed by atoms with Gasteiger partial charge < -0.3 is 5.32 Å². The first-order valence-corrected chi connectivity index (χ1v) is 10.0. The van der Waals surface area contributed by atoms with E-state index >= 15 is 0 Å². The van der Waals surface area contributed by atoms with Crippen LogP contribution >= 0.6 is 0 Å². The largest absolute Gasteiger partial charge is 0.350 e. The van der Waals surface area contributed by atoms with E-state index in [1.165, 1.54) is 12.1 Å². The van der Waals surface area contributed by atoms with Gasteiger partial charge >= 0.3 is 0 Å². The molecule has 152 valence electrons. The zero-order valence-corrected chi connectivity index (χ0v) is 17.4. The van der Waals surface area contributed by atoms with Gasteiger partial charge in [0.2, 0.25) is 5.91 Å². The standard InChI is InChI=1S/C22H29F2N3O/c1-12-7-9-14-17-18(12)27(16-10-8-13(23)11-15(16)24)26-22(17,21(14,5)6)19(28)25-20(2,3)4/h8,10-12,14,26H,7,9H2,1-6H3,(H,25,28)/t12-,14-,22?/m1/s1. The number of benzene rings is 1. The van der Waals surface area contributed by atoms with Gasteiger partial charge in [0.25, 0.3) is 0 Å². The lowest BCUT2D eigenvalue weighted by Gasteiger charge is -2.61. The number of amides is 1. The molecule has 4 nitrogen and oxygen atoms in total. The molecule has 3 aliphatic rings. The van der Waals surface area contributed by atoms with Crippen LogP contribution in [-0.4, -0.2) is 17.0 Å². The van der Waals surface area contributed by atoms with Gasteiger partial charge in [-0.25, -0.2) is 14.2 Å². The zero-order valence-electron chi connectivity index (χ0n) is 17.4. The molecule has 0 bridgehead atoms. The van der Waals surface area contributed by atoms with Crippen molar-refractivity contribution in [1.82, 2.24) is 10.7 Å². The smallest absolute Gasteiger partial charge is 0.247 e. The maximum atomic E-state index is 14.7. The molecule has 0 aromatic heterocycles. The molecule has 0 spiro atoms. The van der Waals surface area contributed by atoms with Crippen molar-refractivity contribution in [2.75, 3.05) is 5.01 Å². The van der Waals surface area contributed by atoms with E-state index in [0.29, 0.717) is 0 Å². The van der Waals surface area contributed by atoms with Gasteiger partial charge in [-0.15, -0.1) is 0 Å². The van der Waals surface area contributed by atoms with Gasteiger partial charge in [-0.1, -0.05) is 20.8 Å². The van der Waals surface area contributed by atoms with Crippen LogP contribution in [0.4, 0.5) is 14.5 Å². The Morgan fingerprint density at radius 1 is 1.25 bits per heavy atom. The number of halogens is 2. The summed E-state index contributed by atoms with van der Waals surface area (Å²) >= 11 is 0. The van der Waals surface area contributed by atoms with Gasteiger partial charge in [-0.3, -0.25) is 9.80 Å². The summed E-state index contributed by atoms with van der Waals surface area (Å²) in [5, 5.41) is 4.83. The van der Waals surface area contributed by atoms with E-state index in [1.54, 1.807) is 5.01 Å². The van der Waals surface area contributed by atoms with Crippen molar-refractivity contribution in [2.45, 2.75) is 65.5 Å². The Labute approximate surface area is 165 Å². The van der Waals surface area contributed by atoms with Crippen LogP contribution in [0.1, 0.15) is 54.4 Å². The highest BCUT2D eigenvalue weighted by molar-refractivity contribution is 5.96. The lowest BCUT2D eigenvalue weighted by molar-refractivity contribution is -0.140. The fraction of sp³-hybridized carbons (Fsp3) is 0.591. The number of nitrogens with zero attached hydrogens (tertiary/aromatic N) is 1. The molecule has 1 aromatic rings. The lowest BCUT2D eigenvalue weighted by Crippen LogP contribution is -2.76. The zero-order chi connectivity index (χ0) is 20.6. The topological polar surface area (TPSA) is 44.4 Å². The molecule has 2 N–H and O–H groups in total. The SMILES string of the molecule is C[C@@H]1CC[C@@H]2C3=C1N(c1ccc(F)cc1F)NC3(C(=O)NC(C)(C)C)C2(C)C. The van der Waals surface area contributed by atoms with E-state index < -0.39 is 17.2 Å². The van der Waals surface area contributed by atoms with Crippen LogP contribution in [0.5, 0.6) is 0 Å². The third kappa shape index (κ3) is 2.39. The number of hydrogen-bond acceptors (Lipinski definition) is 3. The minimum Gasteiger partial charge on any atom is -0.350 e. The average Bonchev–Trinajstić information content (AvgIpc) is 2.90. The van der Waals surface area contributed by atoms with Gasteiger partial charge in [0.1, 0.15) is 11.4 Å². The molecular formula is C22H29F2N3O. The molecule has 0 radical (unpaired) electrons. The molecule has 1 saturated carbocycles. The predicted molar refractivity (Wildman–Crippen MR) is 105 cm³/mol. The minimum absolute atomic E-state index is 0.0899. The van der Waals surface area contributed by atoms with Gasteiger partial charge in [-0.05, 0) is 63.2 Å². The minimum atomic E-state index is -0.921. The first kappa shape index (κ1) is 19.4. The van der Waals surface area contributed by atoms with Crippen molar-refractivity contribution < 1.29 is 13.6 Å². The molecule has 1 amide bonds. The lowest BCUT2D eigenvalue weighted by atomic mass is 9.43. The molecule has 1 unspecified atom stereocenters. The quantitative estimate of drug-likeness (QED) is 0.793. The van der Waals surface area contributed by atoms with Gasteiger partial charge in [0.15, 0.2) is 5.82 Å². The molecule has 1 aromatic carbocycles. The Bertz CT molecular complexity index is 886. The molecule has 1 aliphatic heterocycles. The number of nitrogens with one attached hydrogen (secondary N) is 2. The van der Waals surface area contributed by atoms with E-state index in [2.05, 4.69) is 31.5 Å². The molecule has 3 atom stereocenters. The number of allylic oxidation sites excluding steroid dienone is 1. The summed E-state index contributed by atoms with van der Waals surface area (Å²) in [6, 6.07) is 3.58. The van der Waals surface area contributed by atoms with Gasteiger partial charge in [0.05, 0.1) is 5.69 Å². The Balaban J connectivity index is 1.87. The normalized spacial score (nSPS) is 30.8. The second-order valence-electron chi connectivity index (χ2n) is 10.0. The van der Waals surface area contributed by atoms with E-state index in [9.17, 15) is 13.6 Å². The number of carbonyl (C=O) groups excluding carboxylic acids is 1. The van der Waals surface area contributed by atoms with Crippen LogP contribution in [0.3, 0.4) is 0 Å². The Morgan fingerprint density at radius 3 is 2.54 bits per heavy atom. The Morgan fingerprint density at radius 2 is 1.93 bits per heavy atom. The van der Waals surface area contributed by atoms with Crippen LogP contribution < -0.4 is 15.8 Å². The fourth-order valence-electron chi connectivity index (χ4n) is 5.37. The third-order valence-corrected chi connectivity index (χ3v) is 6.72. The second kappa shape index (κ2) is 5.78. The average molecular weight is 389 g/mol. The first-order chi connectivity index (χ1) is 12.9. The molecule has 4 rings (SSSR count). The van der Waals surface area contributed by atoms with Crippen molar-refractivity contribution in [1.29, 1.82) is 0 Å². The second-order valence-corrected chi connectivity index (χ2v) is 10.0. The highest BCUT2D eigenvalue weighted by Gasteiger charge is 2.73. The van der Waals surface area contributed by atoms with Crippen LogP contribution in [-0.2, 0) is 4.79 Å². The third-order valence-electron chi connectivity index (χ3n) is 6.72. The van der Waals surface area contributed by atoms with Crippen molar-refractivity contribution in [3.05, 3.63) is 41.1 Å². The molecule has 1 fully saturated rings. The van der Waals surface area contributed by atoms with E-state index in [1.807, 2.05) is 20.8 Å². The predicted octanol–water partition coefficient (Wildman–Crippen LogP) is 4.28. The Hall–Kier alpha value is -1.95. The summed E-state index contributed by atoms with van der Waals surface area (Å²) in [6.07, 6.45) is 1.99. The summed E-state index contributed by atoms with van der Waals surface area (Å²) in [5.41, 5.74) is 4.04. The maximum Gasteiger partial charge on any atom is 0.247 e. The maximum absolute atomic E-state index is 14.7. The molecule has 1 heterocycles. The van der Waals surface area contributed by atoms with Crippen molar-refractivity contribution in [3.8, 4) is 0 Å². The molecule has 6 heteroatoms. The fourth-order valence-corrected chi connectivity index (χ4v) is 5.37. The van der Waals surface area contributed by atoms with Crippen LogP contribution in [0.15, 0.2) is 29.5 Å². The molecule has 2 aliphatic carbocycles. The first-order valence-electron chi connectivity index (χ1n) is 10.0. The summed E-state index contributed by atoms with van der Waals surface area (Å²) < 4.78 is 28.2.